The number of hydrogen-bond donors (Lipinski definition) is 2. The molecule has 2 aromatic rings. The zero-order chi connectivity index (χ0) is 14.0. The minimum absolute atomic E-state index is 0.397. The molecule has 0 aliphatic rings. The minimum Gasteiger partial charge on any atom is -0.507 e. The molecule has 2 N–H and O–H groups in total. The highest BCUT2D eigenvalue weighted by atomic mass is 127. The zero-order valence-electron chi connectivity index (χ0n) is 11.4. The van der Waals surface area contributed by atoms with E-state index < -0.39 is 0 Å². The van der Waals surface area contributed by atoms with Crippen LogP contribution in [0.5, 0.6) is 5.75 Å². The Morgan fingerprint density at radius 2 is 1.63 bits per heavy atom. The Labute approximate surface area is 128 Å². The van der Waals surface area contributed by atoms with Crippen molar-refractivity contribution in [1.29, 1.82) is 0 Å². The lowest BCUT2D eigenvalue weighted by Crippen LogP contribution is -2.01. The van der Waals surface area contributed by atoms with Gasteiger partial charge in [0.05, 0.1) is 0 Å². The normalized spacial score (nSPS) is 10.5. The second-order valence-corrected chi connectivity index (χ2v) is 6.06. The topological polar surface area (TPSA) is 32.3 Å². The molecule has 0 saturated carbocycles. The molecule has 0 amide bonds. The van der Waals surface area contributed by atoms with E-state index in [1.165, 1.54) is 14.7 Å². The van der Waals surface area contributed by atoms with Crippen molar-refractivity contribution < 1.29 is 5.11 Å². The van der Waals surface area contributed by atoms with Crippen LogP contribution in [-0.2, 0) is 6.54 Å². The first kappa shape index (κ1) is 14.2. The highest BCUT2D eigenvalue weighted by Gasteiger charge is 2.03. The predicted molar refractivity (Wildman–Crippen MR) is 88.8 cm³/mol. The number of halogens is 1. The van der Waals surface area contributed by atoms with Crippen molar-refractivity contribution in [2.75, 3.05) is 5.32 Å². The molecular formula is C16H18INO. The molecule has 0 spiro atoms. The summed E-state index contributed by atoms with van der Waals surface area (Å²) in [7, 11) is 0. The fourth-order valence-corrected chi connectivity index (χ4v) is 2.57. The van der Waals surface area contributed by atoms with Crippen molar-refractivity contribution >= 4 is 28.3 Å². The standard InChI is InChI=1S/C16H18INO/c1-10-4-5-14(8-15(10)17)18-9-13-6-11(2)16(19)12(3)7-13/h4-8,18-19H,9H2,1-3H3. The molecule has 0 saturated heterocycles. The smallest absolute Gasteiger partial charge is 0.121 e. The zero-order valence-corrected chi connectivity index (χ0v) is 13.6. The van der Waals surface area contributed by atoms with Gasteiger partial charge in [0.1, 0.15) is 5.75 Å². The number of phenolic OH excluding ortho intramolecular Hbond substituents is 1. The van der Waals surface area contributed by atoms with Crippen LogP contribution >= 0.6 is 22.6 Å². The van der Waals surface area contributed by atoms with Crippen molar-refractivity contribution in [2.45, 2.75) is 27.3 Å². The molecule has 0 aliphatic heterocycles. The van der Waals surface area contributed by atoms with E-state index in [1.807, 2.05) is 26.0 Å². The monoisotopic (exact) mass is 367 g/mol. The number of phenols is 1. The first-order valence-electron chi connectivity index (χ1n) is 6.26. The maximum Gasteiger partial charge on any atom is 0.121 e. The van der Waals surface area contributed by atoms with Crippen LogP contribution in [0.15, 0.2) is 30.3 Å². The van der Waals surface area contributed by atoms with Crippen LogP contribution in [0.2, 0.25) is 0 Å². The van der Waals surface area contributed by atoms with Gasteiger partial charge in [0.25, 0.3) is 0 Å². The third kappa shape index (κ3) is 3.41. The fraction of sp³-hybridized carbons (Fsp3) is 0.250. The van der Waals surface area contributed by atoms with Gasteiger partial charge in [-0.3, -0.25) is 0 Å². The molecule has 0 heterocycles. The third-order valence-electron chi connectivity index (χ3n) is 3.22. The molecule has 0 aromatic heterocycles. The molecule has 0 aliphatic carbocycles. The van der Waals surface area contributed by atoms with Crippen LogP contribution < -0.4 is 5.32 Å². The Hall–Kier alpha value is -1.23. The van der Waals surface area contributed by atoms with Crippen LogP contribution in [0.3, 0.4) is 0 Å². The molecule has 0 bridgehead atoms. The van der Waals surface area contributed by atoms with Crippen molar-refractivity contribution in [1.82, 2.24) is 0 Å². The fourth-order valence-electron chi connectivity index (χ4n) is 2.05. The van der Waals surface area contributed by atoms with Crippen molar-refractivity contribution in [2.24, 2.45) is 0 Å². The van der Waals surface area contributed by atoms with Crippen molar-refractivity contribution in [3.05, 3.63) is 56.2 Å². The van der Waals surface area contributed by atoms with Crippen LogP contribution in [0, 0.1) is 24.3 Å². The summed E-state index contributed by atoms with van der Waals surface area (Å²) in [5.74, 6) is 0.397. The Kier molecular flexibility index (Phi) is 4.34. The van der Waals surface area contributed by atoms with E-state index in [0.29, 0.717) is 5.75 Å². The molecule has 3 heteroatoms. The number of hydrogen-bond acceptors (Lipinski definition) is 2. The van der Waals surface area contributed by atoms with Crippen molar-refractivity contribution in [3.8, 4) is 5.75 Å². The van der Waals surface area contributed by atoms with E-state index in [4.69, 9.17) is 0 Å². The average Bonchev–Trinajstić information content (AvgIpc) is 2.37. The number of benzene rings is 2. The van der Waals surface area contributed by atoms with Gasteiger partial charge in [-0.25, -0.2) is 0 Å². The van der Waals surface area contributed by atoms with Gasteiger partial charge in [0.15, 0.2) is 0 Å². The minimum atomic E-state index is 0.397. The Morgan fingerprint density at radius 3 is 2.21 bits per heavy atom. The van der Waals surface area contributed by atoms with E-state index in [-0.39, 0.29) is 0 Å². The van der Waals surface area contributed by atoms with Gasteiger partial charge in [0.2, 0.25) is 0 Å². The lowest BCUT2D eigenvalue weighted by Gasteiger charge is -2.11. The predicted octanol–water partition coefficient (Wildman–Crippen LogP) is 4.53. The molecule has 0 unspecified atom stereocenters. The van der Waals surface area contributed by atoms with Gasteiger partial charge in [-0.1, -0.05) is 18.2 Å². The molecular weight excluding hydrogens is 349 g/mol. The number of nitrogens with one attached hydrogen (secondary N) is 1. The van der Waals surface area contributed by atoms with E-state index in [1.54, 1.807) is 0 Å². The van der Waals surface area contributed by atoms with E-state index >= 15 is 0 Å². The second-order valence-electron chi connectivity index (χ2n) is 4.90. The maximum atomic E-state index is 9.76. The Balaban J connectivity index is 2.12. The second kappa shape index (κ2) is 5.82. The van der Waals surface area contributed by atoms with Gasteiger partial charge in [-0.2, -0.15) is 0 Å². The largest absolute Gasteiger partial charge is 0.507 e. The van der Waals surface area contributed by atoms with E-state index in [0.717, 1.165) is 23.4 Å². The van der Waals surface area contributed by atoms with Crippen LogP contribution in [0.25, 0.3) is 0 Å². The van der Waals surface area contributed by atoms with Gasteiger partial charge >= 0.3 is 0 Å². The third-order valence-corrected chi connectivity index (χ3v) is 4.38. The van der Waals surface area contributed by atoms with Crippen LogP contribution in [0.4, 0.5) is 5.69 Å². The lowest BCUT2D eigenvalue weighted by molar-refractivity contribution is 0.466. The Morgan fingerprint density at radius 1 is 1.00 bits per heavy atom. The SMILES string of the molecule is Cc1ccc(NCc2cc(C)c(O)c(C)c2)cc1I. The lowest BCUT2D eigenvalue weighted by atomic mass is 10.1. The summed E-state index contributed by atoms with van der Waals surface area (Å²) in [6, 6.07) is 10.4. The summed E-state index contributed by atoms with van der Waals surface area (Å²) in [6.07, 6.45) is 0. The number of rotatable bonds is 3. The molecule has 19 heavy (non-hydrogen) atoms. The average molecular weight is 367 g/mol. The van der Waals surface area contributed by atoms with Crippen molar-refractivity contribution in [3.63, 3.8) is 0 Å². The molecule has 0 radical (unpaired) electrons. The summed E-state index contributed by atoms with van der Waals surface area (Å²) in [6.45, 7) is 6.74. The number of anilines is 1. The molecule has 2 aromatic carbocycles. The molecule has 2 rings (SSSR count). The summed E-state index contributed by atoms with van der Waals surface area (Å²) in [5, 5.41) is 13.2. The number of aromatic hydroxyl groups is 1. The van der Waals surface area contributed by atoms with Crippen LogP contribution in [-0.4, -0.2) is 5.11 Å². The van der Waals surface area contributed by atoms with E-state index in [2.05, 4.69) is 53.0 Å². The van der Waals surface area contributed by atoms with Gasteiger partial charge < -0.3 is 10.4 Å². The number of aryl methyl sites for hydroxylation is 3. The highest BCUT2D eigenvalue weighted by molar-refractivity contribution is 14.1. The summed E-state index contributed by atoms with van der Waals surface area (Å²) < 4.78 is 1.26. The van der Waals surface area contributed by atoms with Crippen LogP contribution in [0.1, 0.15) is 22.3 Å². The maximum absolute atomic E-state index is 9.76. The highest BCUT2D eigenvalue weighted by Crippen LogP contribution is 2.24. The summed E-state index contributed by atoms with van der Waals surface area (Å²) in [4.78, 5) is 0. The van der Waals surface area contributed by atoms with Gasteiger partial charge in [-0.05, 0) is 77.7 Å². The van der Waals surface area contributed by atoms with Gasteiger partial charge in [0, 0.05) is 15.8 Å². The molecule has 2 nitrogen and oxygen atoms in total. The first-order valence-corrected chi connectivity index (χ1v) is 7.34. The summed E-state index contributed by atoms with van der Waals surface area (Å²) >= 11 is 2.35. The molecule has 0 atom stereocenters. The van der Waals surface area contributed by atoms with E-state index in [9.17, 15) is 5.11 Å². The Bertz CT molecular complexity index is 585. The first-order chi connectivity index (χ1) is 8.97. The quantitative estimate of drug-likeness (QED) is 0.781. The molecule has 100 valence electrons. The summed E-state index contributed by atoms with van der Waals surface area (Å²) in [5.41, 5.74) is 5.45. The molecule has 0 fully saturated rings. The van der Waals surface area contributed by atoms with Gasteiger partial charge in [-0.15, -0.1) is 0 Å².